The van der Waals surface area contributed by atoms with Gasteiger partial charge in [-0.15, -0.1) is 11.3 Å². The van der Waals surface area contributed by atoms with E-state index < -0.39 is 15.9 Å². The van der Waals surface area contributed by atoms with Gasteiger partial charge in [-0.1, -0.05) is 19.1 Å². The van der Waals surface area contributed by atoms with Crippen molar-refractivity contribution in [2.24, 2.45) is 0 Å². The molecule has 0 saturated heterocycles. The van der Waals surface area contributed by atoms with Gasteiger partial charge in [0.1, 0.15) is 15.5 Å². The molecule has 2 aromatic carbocycles. The number of Topliss-reactive ketones (excluding diaryl/α,β-unsaturated/α-hetero) is 1. The van der Waals surface area contributed by atoms with Crippen LogP contribution in [-0.4, -0.2) is 33.8 Å². The Bertz CT molecular complexity index is 1220. The molecule has 32 heavy (non-hydrogen) atoms. The molecule has 0 atom stereocenters. The van der Waals surface area contributed by atoms with Crippen molar-refractivity contribution in [1.29, 1.82) is 0 Å². The van der Waals surface area contributed by atoms with Crippen molar-refractivity contribution in [3.05, 3.63) is 70.4 Å². The molecular weight excluding hydrogens is 448 g/mol. The average molecular weight is 473 g/mol. The number of thiophene rings is 1. The van der Waals surface area contributed by atoms with Gasteiger partial charge in [0.15, 0.2) is 5.78 Å². The third-order valence-electron chi connectivity index (χ3n) is 4.75. The van der Waals surface area contributed by atoms with Gasteiger partial charge in [-0.05, 0) is 54.8 Å². The van der Waals surface area contributed by atoms with E-state index in [0.717, 1.165) is 15.6 Å². The summed E-state index contributed by atoms with van der Waals surface area (Å²) < 4.78 is 33.0. The van der Waals surface area contributed by atoms with Crippen molar-refractivity contribution in [1.82, 2.24) is 0 Å². The highest BCUT2D eigenvalue weighted by atomic mass is 32.2. The van der Waals surface area contributed by atoms with Gasteiger partial charge in [-0.2, -0.15) is 0 Å². The average Bonchev–Trinajstić information content (AvgIpc) is 3.30. The van der Waals surface area contributed by atoms with Crippen molar-refractivity contribution in [3.8, 4) is 5.75 Å². The van der Waals surface area contributed by atoms with E-state index in [1.165, 1.54) is 13.1 Å². The van der Waals surface area contributed by atoms with Crippen LogP contribution in [0.3, 0.4) is 0 Å². The first-order chi connectivity index (χ1) is 15.3. The number of carbonyl (C=O) groups is 2. The van der Waals surface area contributed by atoms with Crippen molar-refractivity contribution >= 4 is 44.4 Å². The molecule has 1 N–H and O–H groups in total. The highest BCUT2D eigenvalue weighted by molar-refractivity contribution is 7.93. The van der Waals surface area contributed by atoms with Crippen LogP contribution in [0.15, 0.2) is 64.9 Å². The molecule has 9 heteroatoms. The van der Waals surface area contributed by atoms with Crippen molar-refractivity contribution in [2.75, 3.05) is 23.3 Å². The van der Waals surface area contributed by atoms with Crippen molar-refractivity contribution in [3.63, 3.8) is 0 Å². The second-order valence-electron chi connectivity index (χ2n) is 6.83. The molecule has 7 nitrogen and oxygen atoms in total. The third kappa shape index (κ3) is 5.00. The largest absolute Gasteiger partial charge is 0.494 e. The maximum atomic E-state index is 13.2. The van der Waals surface area contributed by atoms with Gasteiger partial charge < -0.3 is 10.1 Å². The Morgan fingerprint density at radius 3 is 2.44 bits per heavy atom. The lowest BCUT2D eigenvalue weighted by molar-refractivity contribution is 0.0985. The molecule has 0 aliphatic rings. The number of rotatable bonds is 9. The maximum Gasteiger partial charge on any atom is 0.267 e. The fourth-order valence-electron chi connectivity index (χ4n) is 3.03. The van der Waals surface area contributed by atoms with Crippen molar-refractivity contribution in [2.45, 2.75) is 25.2 Å². The summed E-state index contributed by atoms with van der Waals surface area (Å²) in [6, 6.07) is 14.7. The second kappa shape index (κ2) is 9.97. The lowest BCUT2D eigenvalue weighted by Gasteiger charge is -2.20. The Labute approximate surface area is 191 Å². The van der Waals surface area contributed by atoms with Crippen LogP contribution in [0.1, 0.15) is 40.3 Å². The number of carbonyl (C=O) groups excluding carboxylic acids is 2. The van der Waals surface area contributed by atoms with E-state index in [-0.39, 0.29) is 15.6 Å². The summed E-state index contributed by atoms with van der Waals surface area (Å²) in [6.45, 7) is 4.14. The predicted octanol–water partition coefficient (Wildman–Crippen LogP) is 4.82. The molecule has 3 rings (SSSR count). The zero-order valence-electron chi connectivity index (χ0n) is 18.0. The summed E-state index contributed by atoms with van der Waals surface area (Å²) in [7, 11) is -2.54. The summed E-state index contributed by atoms with van der Waals surface area (Å²) in [5.74, 6) is 0.0404. The molecule has 0 saturated carbocycles. The number of nitrogens with zero attached hydrogens (tertiary/aromatic N) is 1. The molecule has 0 fully saturated rings. The number of anilines is 2. The quantitative estimate of drug-likeness (QED) is 0.451. The van der Waals surface area contributed by atoms with E-state index in [1.807, 2.05) is 6.92 Å². The van der Waals surface area contributed by atoms with Gasteiger partial charge in [0, 0.05) is 24.7 Å². The minimum Gasteiger partial charge on any atom is -0.494 e. The Kier molecular flexibility index (Phi) is 7.32. The summed E-state index contributed by atoms with van der Waals surface area (Å²) in [4.78, 5) is 24.8. The predicted molar refractivity (Wildman–Crippen MR) is 127 cm³/mol. The number of hydrogen-bond donors (Lipinski definition) is 1. The molecule has 168 valence electrons. The monoisotopic (exact) mass is 472 g/mol. The van der Waals surface area contributed by atoms with Gasteiger partial charge in [-0.3, -0.25) is 13.9 Å². The van der Waals surface area contributed by atoms with E-state index >= 15 is 0 Å². The Hall–Kier alpha value is -3.17. The molecule has 0 bridgehead atoms. The van der Waals surface area contributed by atoms with Crippen LogP contribution in [0.5, 0.6) is 5.75 Å². The lowest BCUT2D eigenvalue weighted by Crippen LogP contribution is -2.28. The molecule has 0 aliphatic carbocycles. The number of nitrogens with one attached hydrogen (secondary N) is 1. The molecule has 0 radical (unpaired) electrons. The Balaban J connectivity index is 1.85. The lowest BCUT2D eigenvalue weighted by atomic mass is 10.1. The van der Waals surface area contributed by atoms with E-state index in [0.29, 0.717) is 35.7 Å². The molecule has 1 amide bonds. The van der Waals surface area contributed by atoms with Gasteiger partial charge in [-0.25, -0.2) is 8.42 Å². The first-order valence-corrected chi connectivity index (χ1v) is 12.3. The zero-order valence-corrected chi connectivity index (χ0v) is 19.6. The number of ketones is 1. The van der Waals surface area contributed by atoms with Crippen LogP contribution in [-0.2, 0) is 10.0 Å². The molecule has 3 aromatic rings. The van der Waals surface area contributed by atoms with Crippen LogP contribution in [0.25, 0.3) is 0 Å². The van der Waals surface area contributed by atoms with Gasteiger partial charge in [0.2, 0.25) is 0 Å². The minimum absolute atomic E-state index is 0.0440. The SMILES string of the molecule is CCOc1ccc(N(C)S(=O)(=O)c2ccsc2C(=O)Nc2cccc(C(=O)CC)c2)cc1. The standard InChI is InChI=1S/C23H24N2O5S2/c1-4-20(26)16-7-6-8-17(15-16)24-23(27)22-21(13-14-31-22)32(28,29)25(3)18-9-11-19(12-10-18)30-5-2/h6-15H,4-5H2,1-3H3,(H,24,27). The molecule has 0 spiro atoms. The van der Waals surface area contributed by atoms with Crippen molar-refractivity contribution < 1.29 is 22.7 Å². The molecule has 1 heterocycles. The van der Waals surface area contributed by atoms with Gasteiger partial charge in [0.05, 0.1) is 12.3 Å². The minimum atomic E-state index is -3.98. The number of sulfonamides is 1. The fraction of sp³-hybridized carbons (Fsp3) is 0.217. The van der Waals surface area contributed by atoms with Crippen LogP contribution in [0, 0.1) is 0 Å². The topological polar surface area (TPSA) is 92.8 Å². The maximum absolute atomic E-state index is 13.2. The summed E-state index contributed by atoms with van der Waals surface area (Å²) in [6.07, 6.45) is 0.350. The van der Waals surface area contributed by atoms with Gasteiger partial charge in [0.25, 0.3) is 15.9 Å². The molecule has 0 aliphatic heterocycles. The number of hydrogen-bond acceptors (Lipinski definition) is 6. The van der Waals surface area contributed by atoms with E-state index in [2.05, 4.69) is 5.32 Å². The van der Waals surface area contributed by atoms with Crippen LogP contribution < -0.4 is 14.4 Å². The third-order valence-corrected chi connectivity index (χ3v) is 7.62. The summed E-state index contributed by atoms with van der Waals surface area (Å²) in [5.41, 5.74) is 1.35. The first-order valence-electron chi connectivity index (χ1n) is 10.0. The first kappa shape index (κ1) is 23.5. The highest BCUT2D eigenvalue weighted by Gasteiger charge is 2.28. The highest BCUT2D eigenvalue weighted by Crippen LogP contribution is 2.29. The normalized spacial score (nSPS) is 11.1. The van der Waals surface area contributed by atoms with E-state index in [1.54, 1.807) is 60.8 Å². The smallest absolute Gasteiger partial charge is 0.267 e. The number of ether oxygens (including phenoxy) is 1. The molecular formula is C23H24N2O5S2. The van der Waals surface area contributed by atoms with Crippen LogP contribution in [0.2, 0.25) is 0 Å². The number of benzene rings is 2. The van der Waals surface area contributed by atoms with E-state index in [4.69, 9.17) is 4.74 Å². The zero-order chi connectivity index (χ0) is 23.3. The summed E-state index contributed by atoms with van der Waals surface area (Å²) >= 11 is 1.04. The molecule has 0 unspecified atom stereocenters. The van der Waals surface area contributed by atoms with Gasteiger partial charge >= 0.3 is 0 Å². The fourth-order valence-corrected chi connectivity index (χ4v) is 5.52. The Morgan fingerprint density at radius 2 is 1.78 bits per heavy atom. The molecule has 1 aromatic heterocycles. The van der Waals surface area contributed by atoms with Crippen LogP contribution >= 0.6 is 11.3 Å². The summed E-state index contributed by atoms with van der Waals surface area (Å²) in [5, 5.41) is 4.26. The number of amides is 1. The Morgan fingerprint density at radius 1 is 1.06 bits per heavy atom. The van der Waals surface area contributed by atoms with E-state index in [9.17, 15) is 18.0 Å². The van der Waals surface area contributed by atoms with Crippen LogP contribution in [0.4, 0.5) is 11.4 Å². The second-order valence-corrected chi connectivity index (χ2v) is 9.68.